The van der Waals surface area contributed by atoms with Gasteiger partial charge in [-0.1, -0.05) is 25.1 Å². The molecular weight excluding hydrogens is 270 g/mol. The molecule has 0 bridgehead atoms. The Kier molecular flexibility index (Phi) is 4.84. The summed E-state index contributed by atoms with van der Waals surface area (Å²) in [4.78, 5) is 16.4. The molecule has 0 radical (unpaired) electrons. The van der Waals surface area contributed by atoms with Crippen LogP contribution in [0.1, 0.15) is 23.8 Å². The number of nitrogens with one attached hydrogen (secondary N) is 1. The third-order valence-electron chi connectivity index (χ3n) is 3.22. The quantitative estimate of drug-likeness (QED) is 0.888. The monoisotopic (exact) mass is 289 g/mol. The van der Waals surface area contributed by atoms with Crippen LogP contribution in [0.2, 0.25) is 0 Å². The Hall–Kier alpha value is -1.75. The summed E-state index contributed by atoms with van der Waals surface area (Å²) in [7, 11) is 0. The number of benzene rings is 1. The number of nitrogens with zero attached hydrogens (tertiary/aromatic N) is 1. The van der Waals surface area contributed by atoms with Crippen molar-refractivity contribution in [2.45, 2.75) is 18.6 Å². The number of hydrogen-bond acceptors (Lipinski definition) is 4. The van der Waals surface area contributed by atoms with E-state index in [2.05, 4.69) is 23.5 Å². The zero-order chi connectivity index (χ0) is 14.5. The smallest absolute Gasteiger partial charge is 0.269 e. The minimum atomic E-state index is -0.171. The van der Waals surface area contributed by atoms with Crippen LogP contribution in [0.4, 0.5) is 5.69 Å². The number of para-hydroxylation sites is 1. The van der Waals surface area contributed by atoms with Crippen molar-refractivity contribution in [3.05, 3.63) is 36.0 Å². The predicted octanol–water partition coefficient (Wildman–Crippen LogP) is 2.69. The van der Waals surface area contributed by atoms with Crippen molar-refractivity contribution >= 4 is 34.3 Å². The van der Waals surface area contributed by atoms with E-state index in [1.165, 1.54) is 0 Å². The van der Waals surface area contributed by atoms with Crippen LogP contribution in [-0.2, 0) is 0 Å². The SMILES string of the molecule is CSC(C)CCNC(=O)c1cc(N)c2ccccc2n1. The van der Waals surface area contributed by atoms with Crippen molar-refractivity contribution in [3.8, 4) is 0 Å². The van der Waals surface area contributed by atoms with Crippen molar-refractivity contribution < 1.29 is 4.79 Å². The number of hydrogen-bond donors (Lipinski definition) is 2. The summed E-state index contributed by atoms with van der Waals surface area (Å²) >= 11 is 1.79. The summed E-state index contributed by atoms with van der Waals surface area (Å²) in [6.07, 6.45) is 3.01. The number of nitrogens with two attached hydrogens (primary N) is 1. The Labute approximate surface area is 123 Å². The van der Waals surface area contributed by atoms with E-state index in [4.69, 9.17) is 5.73 Å². The molecule has 1 unspecified atom stereocenters. The first kappa shape index (κ1) is 14.7. The molecule has 0 aliphatic rings. The number of amides is 1. The third-order valence-corrected chi connectivity index (χ3v) is 4.26. The van der Waals surface area contributed by atoms with E-state index in [9.17, 15) is 4.79 Å². The largest absolute Gasteiger partial charge is 0.398 e. The first-order valence-corrected chi connectivity index (χ1v) is 7.87. The lowest BCUT2D eigenvalue weighted by Crippen LogP contribution is -2.27. The molecule has 1 heterocycles. The van der Waals surface area contributed by atoms with Crippen LogP contribution in [0.5, 0.6) is 0 Å². The Bertz CT molecular complexity index is 615. The van der Waals surface area contributed by atoms with E-state index < -0.39 is 0 Å². The van der Waals surface area contributed by atoms with Crippen molar-refractivity contribution in [2.24, 2.45) is 0 Å². The van der Waals surface area contributed by atoms with Crippen LogP contribution < -0.4 is 11.1 Å². The molecule has 2 aromatic rings. The van der Waals surface area contributed by atoms with E-state index in [1.807, 2.05) is 24.3 Å². The van der Waals surface area contributed by atoms with Crippen molar-refractivity contribution in [3.63, 3.8) is 0 Å². The van der Waals surface area contributed by atoms with E-state index in [0.29, 0.717) is 23.2 Å². The standard InChI is InChI=1S/C15H19N3OS/c1-10(20-2)7-8-17-15(19)14-9-12(16)11-5-3-4-6-13(11)18-14/h3-6,9-10H,7-8H2,1-2H3,(H2,16,18)(H,17,19). The normalized spacial score (nSPS) is 12.3. The van der Waals surface area contributed by atoms with Crippen LogP contribution in [-0.4, -0.2) is 28.9 Å². The topological polar surface area (TPSA) is 68.0 Å². The number of nitrogen functional groups attached to an aromatic ring is 1. The summed E-state index contributed by atoms with van der Waals surface area (Å²) in [6, 6.07) is 9.19. The predicted molar refractivity (Wildman–Crippen MR) is 86.1 cm³/mol. The molecule has 0 saturated carbocycles. The highest BCUT2D eigenvalue weighted by atomic mass is 32.2. The second-order valence-electron chi connectivity index (χ2n) is 4.70. The van der Waals surface area contributed by atoms with Crippen molar-refractivity contribution in [1.82, 2.24) is 10.3 Å². The molecule has 4 nitrogen and oxygen atoms in total. The van der Waals surface area contributed by atoms with Gasteiger partial charge < -0.3 is 11.1 Å². The third kappa shape index (κ3) is 3.42. The van der Waals surface area contributed by atoms with E-state index in [1.54, 1.807) is 17.8 Å². The van der Waals surface area contributed by atoms with Gasteiger partial charge in [0.15, 0.2) is 0 Å². The molecule has 0 aliphatic heterocycles. The average molecular weight is 289 g/mol. The molecule has 106 valence electrons. The lowest BCUT2D eigenvalue weighted by Gasteiger charge is -2.10. The number of pyridine rings is 1. The number of aromatic nitrogens is 1. The van der Waals surface area contributed by atoms with Crippen LogP contribution in [0.15, 0.2) is 30.3 Å². The Morgan fingerprint density at radius 3 is 2.95 bits per heavy atom. The van der Waals surface area contributed by atoms with Crippen LogP contribution >= 0.6 is 11.8 Å². The zero-order valence-corrected chi connectivity index (χ0v) is 12.5. The Morgan fingerprint density at radius 1 is 1.45 bits per heavy atom. The summed E-state index contributed by atoms with van der Waals surface area (Å²) in [6.45, 7) is 2.79. The number of carbonyl (C=O) groups excluding carboxylic acids is 1. The molecule has 0 saturated heterocycles. The molecule has 1 aromatic carbocycles. The molecule has 1 atom stereocenters. The van der Waals surface area contributed by atoms with Gasteiger partial charge in [-0.25, -0.2) is 4.98 Å². The second-order valence-corrected chi connectivity index (χ2v) is 5.98. The van der Waals surface area contributed by atoms with Crippen molar-refractivity contribution in [2.75, 3.05) is 18.5 Å². The van der Waals surface area contributed by atoms with E-state index >= 15 is 0 Å². The van der Waals surface area contributed by atoms with Crippen molar-refractivity contribution in [1.29, 1.82) is 0 Å². The molecule has 2 rings (SSSR count). The number of thioether (sulfide) groups is 1. The second kappa shape index (κ2) is 6.61. The highest BCUT2D eigenvalue weighted by molar-refractivity contribution is 7.99. The maximum absolute atomic E-state index is 12.1. The minimum Gasteiger partial charge on any atom is -0.398 e. The summed E-state index contributed by atoms with van der Waals surface area (Å²) < 4.78 is 0. The van der Waals surface area contributed by atoms with Crippen LogP contribution in [0, 0.1) is 0 Å². The van der Waals surface area contributed by atoms with Gasteiger partial charge in [-0.2, -0.15) is 11.8 Å². The molecule has 0 aliphatic carbocycles. The highest BCUT2D eigenvalue weighted by Gasteiger charge is 2.10. The molecule has 0 spiro atoms. The van der Waals surface area contributed by atoms with Gasteiger partial charge in [-0.3, -0.25) is 4.79 Å². The molecular formula is C15H19N3OS. The van der Waals surface area contributed by atoms with Gasteiger partial charge >= 0.3 is 0 Å². The first-order valence-electron chi connectivity index (χ1n) is 6.58. The highest BCUT2D eigenvalue weighted by Crippen LogP contribution is 2.20. The molecule has 3 N–H and O–H groups in total. The van der Waals surface area contributed by atoms with Crippen LogP contribution in [0.25, 0.3) is 10.9 Å². The fourth-order valence-electron chi connectivity index (χ4n) is 1.92. The minimum absolute atomic E-state index is 0.171. The van der Waals surface area contributed by atoms with Gasteiger partial charge in [0.05, 0.1) is 5.52 Å². The summed E-state index contributed by atoms with van der Waals surface area (Å²) in [5.41, 5.74) is 7.67. The van der Waals surface area contributed by atoms with E-state index in [0.717, 1.165) is 17.3 Å². The van der Waals surface area contributed by atoms with Gasteiger partial charge in [0, 0.05) is 22.9 Å². The van der Waals surface area contributed by atoms with Gasteiger partial charge in [0.2, 0.25) is 0 Å². The van der Waals surface area contributed by atoms with Gasteiger partial charge in [0.25, 0.3) is 5.91 Å². The number of anilines is 1. The molecule has 0 fully saturated rings. The summed E-state index contributed by atoms with van der Waals surface area (Å²) in [5, 5.41) is 4.29. The molecule has 1 aromatic heterocycles. The number of carbonyl (C=O) groups is 1. The number of rotatable bonds is 5. The van der Waals surface area contributed by atoms with Gasteiger partial charge in [-0.05, 0) is 24.8 Å². The Balaban J connectivity index is 2.10. The molecule has 5 heteroatoms. The number of fused-ring (bicyclic) bond motifs is 1. The van der Waals surface area contributed by atoms with Gasteiger partial charge in [-0.15, -0.1) is 0 Å². The molecule has 20 heavy (non-hydrogen) atoms. The summed E-state index contributed by atoms with van der Waals surface area (Å²) in [5.74, 6) is -0.171. The first-order chi connectivity index (χ1) is 9.61. The van der Waals surface area contributed by atoms with Crippen LogP contribution in [0.3, 0.4) is 0 Å². The average Bonchev–Trinajstić information content (AvgIpc) is 2.46. The lowest BCUT2D eigenvalue weighted by atomic mass is 10.1. The van der Waals surface area contributed by atoms with Gasteiger partial charge in [0.1, 0.15) is 5.69 Å². The van der Waals surface area contributed by atoms with E-state index in [-0.39, 0.29) is 5.91 Å². The fourth-order valence-corrected chi connectivity index (χ4v) is 2.27. The zero-order valence-electron chi connectivity index (χ0n) is 11.7. The Morgan fingerprint density at radius 2 is 2.20 bits per heavy atom. The maximum Gasteiger partial charge on any atom is 0.269 e. The fraction of sp³-hybridized carbons (Fsp3) is 0.333. The maximum atomic E-state index is 12.1. The lowest BCUT2D eigenvalue weighted by molar-refractivity contribution is 0.0949. The molecule has 1 amide bonds.